The molecular weight excluding hydrogens is 439 g/mol. The van der Waals surface area contributed by atoms with Gasteiger partial charge in [0, 0.05) is 50.3 Å². The minimum absolute atomic E-state index is 0.0270. The summed E-state index contributed by atoms with van der Waals surface area (Å²) in [7, 11) is 0. The summed E-state index contributed by atoms with van der Waals surface area (Å²) < 4.78 is 40.7. The van der Waals surface area contributed by atoms with Gasteiger partial charge in [-0.15, -0.1) is 11.3 Å². The van der Waals surface area contributed by atoms with Crippen LogP contribution >= 0.6 is 22.9 Å². The smallest absolute Gasteiger partial charge is 0.372 e. The van der Waals surface area contributed by atoms with Gasteiger partial charge >= 0.3 is 6.18 Å². The summed E-state index contributed by atoms with van der Waals surface area (Å²) in [4.78, 5) is 21.1. The largest absolute Gasteiger partial charge is 0.411 e. The number of carbonyl (C=O) groups excluding carboxylic acids is 1. The van der Waals surface area contributed by atoms with Gasteiger partial charge in [0.25, 0.3) is 0 Å². The fourth-order valence-corrected chi connectivity index (χ4v) is 4.35. The van der Waals surface area contributed by atoms with Gasteiger partial charge < -0.3 is 9.64 Å². The molecule has 2 heterocycles. The summed E-state index contributed by atoms with van der Waals surface area (Å²) in [6, 6.07) is 7.47. The molecule has 2 aromatic rings. The lowest BCUT2D eigenvalue weighted by atomic mass is 10.2. The van der Waals surface area contributed by atoms with Gasteiger partial charge in [-0.2, -0.15) is 13.2 Å². The van der Waals surface area contributed by atoms with Crippen LogP contribution in [0.4, 0.5) is 13.2 Å². The van der Waals surface area contributed by atoms with Crippen LogP contribution in [0.5, 0.6) is 0 Å². The second-order valence-corrected chi connectivity index (χ2v) is 8.31. The number of amides is 1. The van der Waals surface area contributed by atoms with E-state index in [2.05, 4.69) is 14.6 Å². The van der Waals surface area contributed by atoms with Crippen LogP contribution in [0.3, 0.4) is 0 Å². The maximum Gasteiger partial charge on any atom is 0.411 e. The first-order chi connectivity index (χ1) is 14.3. The van der Waals surface area contributed by atoms with Gasteiger partial charge in [0.2, 0.25) is 5.91 Å². The molecule has 10 heteroatoms. The van der Waals surface area contributed by atoms with Crippen molar-refractivity contribution < 1.29 is 22.7 Å². The predicted molar refractivity (Wildman–Crippen MR) is 111 cm³/mol. The van der Waals surface area contributed by atoms with E-state index in [9.17, 15) is 18.0 Å². The second kappa shape index (κ2) is 10.6. The van der Waals surface area contributed by atoms with Gasteiger partial charge in [0.1, 0.15) is 11.6 Å². The van der Waals surface area contributed by atoms with Gasteiger partial charge in [-0.25, -0.2) is 4.98 Å². The fraction of sp³-hybridized carbons (Fsp3) is 0.500. The Morgan fingerprint density at radius 3 is 2.63 bits per heavy atom. The molecular formula is C20H23ClF3N3O2S. The van der Waals surface area contributed by atoms with E-state index in [1.165, 1.54) is 11.3 Å². The lowest BCUT2D eigenvalue weighted by molar-refractivity contribution is -0.174. The third kappa shape index (κ3) is 6.94. The SMILES string of the molecule is O=C(Cc1csc(-c2ccccc2Cl)n1)N1CCN(CCCOCC(F)(F)F)CC1. The van der Waals surface area contributed by atoms with E-state index in [1.54, 1.807) is 0 Å². The first-order valence-corrected chi connectivity index (χ1v) is 10.9. The average Bonchev–Trinajstić information content (AvgIpc) is 3.16. The number of hydrogen-bond acceptors (Lipinski definition) is 5. The maximum absolute atomic E-state index is 12.6. The lowest BCUT2D eigenvalue weighted by Crippen LogP contribution is -2.49. The second-order valence-electron chi connectivity index (χ2n) is 7.04. The van der Waals surface area contributed by atoms with Gasteiger partial charge in [-0.05, 0) is 12.5 Å². The van der Waals surface area contributed by atoms with Crippen molar-refractivity contribution in [3.8, 4) is 10.6 Å². The molecule has 0 radical (unpaired) electrons. The summed E-state index contributed by atoms with van der Waals surface area (Å²) in [5.41, 5.74) is 1.58. The Labute approximate surface area is 182 Å². The highest BCUT2D eigenvalue weighted by molar-refractivity contribution is 7.13. The van der Waals surface area contributed by atoms with E-state index in [4.69, 9.17) is 11.6 Å². The van der Waals surface area contributed by atoms with Crippen molar-refractivity contribution in [1.29, 1.82) is 0 Å². The van der Waals surface area contributed by atoms with Crippen molar-refractivity contribution in [3.63, 3.8) is 0 Å². The quantitative estimate of drug-likeness (QED) is 0.555. The van der Waals surface area contributed by atoms with Crippen molar-refractivity contribution in [1.82, 2.24) is 14.8 Å². The molecule has 1 aliphatic heterocycles. The number of hydrogen-bond donors (Lipinski definition) is 0. The van der Waals surface area contributed by atoms with Gasteiger partial charge in [0.15, 0.2) is 0 Å². The molecule has 0 saturated carbocycles. The first kappa shape index (κ1) is 23.0. The third-order valence-corrected chi connectivity index (χ3v) is 6.00. The average molecular weight is 462 g/mol. The molecule has 30 heavy (non-hydrogen) atoms. The minimum Gasteiger partial charge on any atom is -0.372 e. The molecule has 0 N–H and O–H groups in total. The van der Waals surface area contributed by atoms with E-state index in [0.29, 0.717) is 44.2 Å². The van der Waals surface area contributed by atoms with E-state index < -0.39 is 12.8 Å². The molecule has 3 rings (SSSR count). The number of halogens is 4. The monoisotopic (exact) mass is 461 g/mol. The van der Waals surface area contributed by atoms with Crippen LogP contribution < -0.4 is 0 Å². The van der Waals surface area contributed by atoms with E-state index in [-0.39, 0.29) is 18.9 Å². The fourth-order valence-electron chi connectivity index (χ4n) is 3.21. The number of thiazole rings is 1. The highest BCUT2D eigenvalue weighted by atomic mass is 35.5. The van der Waals surface area contributed by atoms with Crippen LogP contribution in [0.15, 0.2) is 29.6 Å². The molecule has 1 aromatic heterocycles. The van der Waals surface area contributed by atoms with Crippen molar-refractivity contribution in [2.45, 2.75) is 19.0 Å². The number of benzene rings is 1. The van der Waals surface area contributed by atoms with Crippen molar-refractivity contribution in [2.24, 2.45) is 0 Å². The van der Waals surface area contributed by atoms with Crippen LogP contribution in [-0.4, -0.2) is 72.8 Å². The Kier molecular flexibility index (Phi) is 8.10. The summed E-state index contributed by atoms with van der Waals surface area (Å²) >= 11 is 7.68. The van der Waals surface area contributed by atoms with Gasteiger partial charge in [-0.1, -0.05) is 29.8 Å². The van der Waals surface area contributed by atoms with Crippen molar-refractivity contribution in [3.05, 3.63) is 40.4 Å². The standard InChI is InChI=1S/C20H23ClF3N3O2S/c21-17-5-2-1-4-16(17)19-25-15(13-30-19)12-18(28)27-9-7-26(8-10-27)6-3-11-29-14-20(22,23)24/h1-2,4-5,13H,3,6-12,14H2. The molecule has 0 atom stereocenters. The molecule has 1 saturated heterocycles. The summed E-state index contributed by atoms with van der Waals surface area (Å²) in [5.74, 6) is 0.0270. The molecule has 1 amide bonds. The Morgan fingerprint density at radius 2 is 1.93 bits per heavy atom. The van der Waals surface area contributed by atoms with Crippen LogP contribution in [-0.2, 0) is 16.0 Å². The Balaban J connectivity index is 1.39. The van der Waals surface area contributed by atoms with E-state index >= 15 is 0 Å². The van der Waals surface area contributed by atoms with Crippen LogP contribution in [0, 0.1) is 0 Å². The van der Waals surface area contributed by atoms with Crippen LogP contribution in [0.1, 0.15) is 12.1 Å². The normalized spacial score (nSPS) is 15.5. The molecule has 0 spiro atoms. The zero-order valence-corrected chi connectivity index (χ0v) is 17.9. The van der Waals surface area contributed by atoms with Gasteiger partial charge in [-0.3, -0.25) is 9.69 Å². The lowest BCUT2D eigenvalue weighted by Gasteiger charge is -2.34. The topological polar surface area (TPSA) is 45.7 Å². The number of aromatic nitrogens is 1. The summed E-state index contributed by atoms with van der Waals surface area (Å²) in [5, 5.41) is 3.30. The minimum atomic E-state index is -4.28. The van der Waals surface area contributed by atoms with E-state index in [0.717, 1.165) is 16.3 Å². The number of ether oxygens (including phenoxy) is 1. The highest BCUT2D eigenvalue weighted by Gasteiger charge is 2.27. The zero-order chi connectivity index (χ0) is 21.6. The Morgan fingerprint density at radius 1 is 1.20 bits per heavy atom. The number of alkyl halides is 3. The van der Waals surface area contributed by atoms with Crippen LogP contribution in [0.25, 0.3) is 10.6 Å². The number of rotatable bonds is 8. The number of carbonyl (C=O) groups is 1. The summed E-state index contributed by atoms with van der Waals surface area (Å²) in [6.07, 6.45) is -3.50. The zero-order valence-electron chi connectivity index (χ0n) is 16.3. The first-order valence-electron chi connectivity index (χ1n) is 9.66. The maximum atomic E-state index is 12.6. The van der Waals surface area contributed by atoms with Gasteiger partial charge in [0.05, 0.1) is 17.1 Å². The molecule has 1 aromatic carbocycles. The molecule has 1 fully saturated rings. The molecule has 5 nitrogen and oxygen atoms in total. The molecule has 0 unspecified atom stereocenters. The van der Waals surface area contributed by atoms with Crippen molar-refractivity contribution >= 4 is 28.8 Å². The molecule has 1 aliphatic rings. The number of piperazine rings is 1. The molecule has 0 bridgehead atoms. The predicted octanol–water partition coefficient (Wildman–Crippen LogP) is 4.12. The van der Waals surface area contributed by atoms with E-state index in [1.807, 2.05) is 34.5 Å². The molecule has 164 valence electrons. The summed E-state index contributed by atoms with van der Waals surface area (Å²) in [6.45, 7) is 2.14. The Hall–Kier alpha value is -1.68. The third-order valence-electron chi connectivity index (χ3n) is 4.74. The van der Waals surface area contributed by atoms with Crippen LogP contribution in [0.2, 0.25) is 5.02 Å². The van der Waals surface area contributed by atoms with Crippen molar-refractivity contribution in [2.75, 3.05) is 45.9 Å². The number of nitrogens with zero attached hydrogens (tertiary/aromatic N) is 3. The molecule has 0 aliphatic carbocycles. The highest BCUT2D eigenvalue weighted by Crippen LogP contribution is 2.30. The Bertz CT molecular complexity index is 839.